The van der Waals surface area contributed by atoms with Crippen LogP contribution >= 0.6 is 0 Å². The highest BCUT2D eigenvalue weighted by atomic mass is 16.5. The van der Waals surface area contributed by atoms with E-state index in [0.717, 1.165) is 0 Å². The quantitative estimate of drug-likeness (QED) is 0.800. The number of hydrogen-bond donors (Lipinski definition) is 1. The van der Waals surface area contributed by atoms with Gasteiger partial charge in [0.05, 0.1) is 19.3 Å². The Morgan fingerprint density at radius 2 is 1.72 bits per heavy atom. The van der Waals surface area contributed by atoms with Crippen molar-refractivity contribution in [2.45, 2.75) is 13.0 Å². The molecule has 0 bridgehead atoms. The standard InChI is InChI=1S/C13H17NO4/c1-9(8-17-2)14-12(15)10-4-6-11(7-5-10)13(16)18-3/h4-7,9H,8H2,1-3H3,(H,14,15). The van der Waals surface area contributed by atoms with Crippen LogP contribution in [0.25, 0.3) is 0 Å². The van der Waals surface area contributed by atoms with Crippen LogP contribution in [0.5, 0.6) is 0 Å². The second kappa shape index (κ2) is 6.76. The Morgan fingerprint density at radius 3 is 2.22 bits per heavy atom. The van der Waals surface area contributed by atoms with Crippen LogP contribution in [-0.4, -0.2) is 38.7 Å². The fourth-order valence-corrected chi connectivity index (χ4v) is 1.47. The lowest BCUT2D eigenvalue weighted by atomic mass is 10.1. The number of hydrogen-bond acceptors (Lipinski definition) is 4. The maximum absolute atomic E-state index is 11.8. The number of carbonyl (C=O) groups is 2. The Hall–Kier alpha value is -1.88. The Bertz CT molecular complexity index is 414. The zero-order valence-corrected chi connectivity index (χ0v) is 10.7. The topological polar surface area (TPSA) is 64.6 Å². The molecule has 5 heteroatoms. The van der Waals surface area contributed by atoms with E-state index in [1.807, 2.05) is 6.92 Å². The largest absolute Gasteiger partial charge is 0.465 e. The maximum Gasteiger partial charge on any atom is 0.337 e. The molecule has 0 fully saturated rings. The van der Waals surface area contributed by atoms with Gasteiger partial charge >= 0.3 is 5.97 Å². The molecule has 1 rings (SSSR count). The number of benzene rings is 1. The van der Waals surface area contributed by atoms with Gasteiger partial charge in [0.1, 0.15) is 0 Å². The zero-order chi connectivity index (χ0) is 13.5. The molecule has 0 aliphatic rings. The predicted molar refractivity (Wildman–Crippen MR) is 66.6 cm³/mol. The van der Waals surface area contributed by atoms with E-state index in [2.05, 4.69) is 10.1 Å². The van der Waals surface area contributed by atoms with Gasteiger partial charge in [0.2, 0.25) is 0 Å². The van der Waals surface area contributed by atoms with Crippen molar-refractivity contribution in [1.82, 2.24) is 5.32 Å². The van der Waals surface area contributed by atoms with Gasteiger partial charge in [-0.1, -0.05) is 0 Å². The Balaban J connectivity index is 2.67. The van der Waals surface area contributed by atoms with E-state index in [-0.39, 0.29) is 11.9 Å². The molecule has 0 aliphatic carbocycles. The van der Waals surface area contributed by atoms with Gasteiger partial charge < -0.3 is 14.8 Å². The summed E-state index contributed by atoms with van der Waals surface area (Å²) < 4.78 is 9.51. The van der Waals surface area contributed by atoms with Crippen LogP contribution in [0, 0.1) is 0 Å². The van der Waals surface area contributed by atoms with Crippen LogP contribution in [0.4, 0.5) is 0 Å². The van der Waals surface area contributed by atoms with Gasteiger partial charge in [0, 0.05) is 18.7 Å². The van der Waals surface area contributed by atoms with Gasteiger partial charge in [-0.2, -0.15) is 0 Å². The van der Waals surface area contributed by atoms with Crippen molar-refractivity contribution >= 4 is 11.9 Å². The lowest BCUT2D eigenvalue weighted by molar-refractivity contribution is 0.0600. The first-order valence-electron chi connectivity index (χ1n) is 5.56. The molecule has 0 aromatic heterocycles. The fraction of sp³-hybridized carbons (Fsp3) is 0.385. The Labute approximate surface area is 106 Å². The summed E-state index contributed by atoms with van der Waals surface area (Å²) in [7, 11) is 2.89. The molecule has 1 aromatic rings. The SMILES string of the molecule is COCC(C)NC(=O)c1ccc(C(=O)OC)cc1. The molecule has 1 atom stereocenters. The third-order valence-electron chi connectivity index (χ3n) is 2.36. The fourth-order valence-electron chi connectivity index (χ4n) is 1.47. The highest BCUT2D eigenvalue weighted by Gasteiger charge is 2.11. The number of ether oxygens (including phenoxy) is 2. The first kappa shape index (κ1) is 14.2. The van der Waals surface area contributed by atoms with Crippen LogP contribution < -0.4 is 5.32 Å². The zero-order valence-electron chi connectivity index (χ0n) is 10.7. The molecular formula is C13H17NO4. The molecule has 0 aliphatic heterocycles. The van der Waals surface area contributed by atoms with E-state index in [4.69, 9.17) is 4.74 Å². The van der Waals surface area contributed by atoms with Crippen molar-refractivity contribution in [2.24, 2.45) is 0 Å². The van der Waals surface area contributed by atoms with Gasteiger partial charge in [-0.3, -0.25) is 4.79 Å². The summed E-state index contributed by atoms with van der Waals surface area (Å²) in [4.78, 5) is 23.0. The Kier molecular flexibility index (Phi) is 5.32. The summed E-state index contributed by atoms with van der Waals surface area (Å²) in [5, 5.41) is 2.78. The minimum Gasteiger partial charge on any atom is -0.465 e. The maximum atomic E-state index is 11.8. The number of amides is 1. The van der Waals surface area contributed by atoms with Crippen LogP contribution in [0.1, 0.15) is 27.6 Å². The molecule has 1 amide bonds. The first-order chi connectivity index (χ1) is 8.58. The molecule has 1 unspecified atom stereocenters. The van der Waals surface area contributed by atoms with E-state index in [0.29, 0.717) is 17.7 Å². The average molecular weight is 251 g/mol. The smallest absolute Gasteiger partial charge is 0.337 e. The molecule has 5 nitrogen and oxygen atoms in total. The summed E-state index contributed by atoms with van der Waals surface area (Å²) in [6, 6.07) is 6.22. The molecular weight excluding hydrogens is 234 g/mol. The van der Waals surface area contributed by atoms with Crippen LogP contribution in [0.3, 0.4) is 0 Å². The average Bonchev–Trinajstić information content (AvgIpc) is 2.38. The number of rotatable bonds is 5. The molecule has 0 saturated carbocycles. The van der Waals surface area contributed by atoms with Crippen molar-refractivity contribution in [3.05, 3.63) is 35.4 Å². The van der Waals surface area contributed by atoms with Crippen molar-refractivity contribution in [3.8, 4) is 0 Å². The van der Waals surface area contributed by atoms with Crippen molar-refractivity contribution in [1.29, 1.82) is 0 Å². The summed E-state index contributed by atoms with van der Waals surface area (Å²) in [5.74, 6) is -0.620. The first-order valence-corrected chi connectivity index (χ1v) is 5.56. The summed E-state index contributed by atoms with van der Waals surface area (Å²) in [6.07, 6.45) is 0. The van der Waals surface area contributed by atoms with Crippen LogP contribution in [0.15, 0.2) is 24.3 Å². The second-order valence-corrected chi connectivity index (χ2v) is 3.90. The van der Waals surface area contributed by atoms with Crippen molar-refractivity contribution < 1.29 is 19.1 Å². The second-order valence-electron chi connectivity index (χ2n) is 3.90. The van der Waals surface area contributed by atoms with Gasteiger partial charge in [0.15, 0.2) is 0 Å². The van der Waals surface area contributed by atoms with Gasteiger partial charge in [-0.05, 0) is 31.2 Å². The molecule has 0 heterocycles. The van der Waals surface area contributed by atoms with Gasteiger partial charge in [-0.25, -0.2) is 4.79 Å². The van der Waals surface area contributed by atoms with E-state index in [9.17, 15) is 9.59 Å². The Morgan fingerprint density at radius 1 is 1.17 bits per heavy atom. The number of nitrogens with one attached hydrogen (secondary N) is 1. The monoisotopic (exact) mass is 251 g/mol. The van der Waals surface area contributed by atoms with Crippen LogP contribution in [0.2, 0.25) is 0 Å². The minimum absolute atomic E-state index is 0.0669. The molecule has 18 heavy (non-hydrogen) atoms. The molecule has 1 N–H and O–H groups in total. The van der Waals surface area contributed by atoms with Crippen LogP contribution in [-0.2, 0) is 9.47 Å². The van der Waals surface area contributed by atoms with E-state index < -0.39 is 5.97 Å². The van der Waals surface area contributed by atoms with E-state index in [1.54, 1.807) is 31.4 Å². The molecule has 1 aromatic carbocycles. The van der Waals surface area contributed by atoms with E-state index >= 15 is 0 Å². The number of esters is 1. The highest BCUT2D eigenvalue weighted by molar-refractivity contribution is 5.96. The van der Waals surface area contributed by atoms with E-state index in [1.165, 1.54) is 7.11 Å². The molecule has 0 radical (unpaired) electrons. The van der Waals surface area contributed by atoms with Gasteiger partial charge in [-0.15, -0.1) is 0 Å². The highest BCUT2D eigenvalue weighted by Crippen LogP contribution is 2.06. The third-order valence-corrected chi connectivity index (χ3v) is 2.36. The number of methoxy groups -OCH3 is 2. The summed E-state index contributed by atoms with van der Waals surface area (Å²) in [6.45, 7) is 2.30. The third kappa shape index (κ3) is 3.85. The van der Waals surface area contributed by atoms with Gasteiger partial charge in [0.25, 0.3) is 5.91 Å². The summed E-state index contributed by atoms with van der Waals surface area (Å²) >= 11 is 0. The summed E-state index contributed by atoms with van der Waals surface area (Å²) in [5.41, 5.74) is 0.907. The predicted octanol–water partition coefficient (Wildman–Crippen LogP) is 1.24. The van der Waals surface area contributed by atoms with Crippen molar-refractivity contribution in [3.63, 3.8) is 0 Å². The normalized spacial score (nSPS) is 11.7. The molecule has 0 spiro atoms. The molecule has 0 saturated heterocycles. The molecule has 98 valence electrons. The van der Waals surface area contributed by atoms with Crippen molar-refractivity contribution in [2.75, 3.05) is 20.8 Å². The lowest BCUT2D eigenvalue weighted by Gasteiger charge is -2.12. The number of carbonyl (C=O) groups excluding carboxylic acids is 2. The minimum atomic E-state index is -0.422. The lowest BCUT2D eigenvalue weighted by Crippen LogP contribution is -2.35.